The summed E-state index contributed by atoms with van der Waals surface area (Å²) in [5.74, 6) is 0. The van der Waals surface area contributed by atoms with Gasteiger partial charge in [0.1, 0.15) is 0 Å². The Kier molecular flexibility index (Phi) is 3.51. The van der Waals surface area contributed by atoms with Gasteiger partial charge in [0, 0.05) is 11.0 Å². The number of rotatable bonds is 2. The lowest BCUT2D eigenvalue weighted by atomic mass is 10.00. The highest BCUT2D eigenvalue weighted by Gasteiger charge is 2.07. The lowest BCUT2D eigenvalue weighted by Gasteiger charge is -2.13. The largest absolute Gasteiger partial charge is 0.316 e. The summed E-state index contributed by atoms with van der Waals surface area (Å²) in [5.41, 5.74) is 5.44. The second kappa shape index (κ2) is 4.25. The van der Waals surface area contributed by atoms with Crippen LogP contribution in [0.15, 0.2) is 10.5 Å². The van der Waals surface area contributed by atoms with Crippen molar-refractivity contribution in [1.29, 1.82) is 0 Å². The first-order valence-corrected chi connectivity index (χ1v) is 5.27. The molecule has 0 aromatic heterocycles. The molecule has 0 aliphatic carbocycles. The Hall–Kier alpha value is -0.340. The van der Waals surface area contributed by atoms with Gasteiger partial charge in [0.15, 0.2) is 0 Å². The number of hydrogen-bond donors (Lipinski definition) is 1. The SMILES string of the molecule is CNCc1c(C)cc(C)c(Br)c1C. The van der Waals surface area contributed by atoms with E-state index in [1.807, 2.05) is 7.05 Å². The molecule has 0 atom stereocenters. The van der Waals surface area contributed by atoms with Crippen LogP contribution in [-0.2, 0) is 6.54 Å². The highest BCUT2D eigenvalue weighted by Crippen LogP contribution is 2.26. The molecule has 0 aliphatic rings. The van der Waals surface area contributed by atoms with Crippen LogP contribution in [0.3, 0.4) is 0 Å². The standard InChI is InChI=1S/C11H16BrN/c1-7-5-8(2)11(12)9(3)10(7)6-13-4/h5,13H,6H2,1-4H3. The Morgan fingerprint density at radius 1 is 1.23 bits per heavy atom. The third-order valence-electron chi connectivity index (χ3n) is 2.39. The fourth-order valence-electron chi connectivity index (χ4n) is 1.65. The lowest BCUT2D eigenvalue weighted by Crippen LogP contribution is -2.09. The van der Waals surface area contributed by atoms with E-state index in [4.69, 9.17) is 0 Å². The van der Waals surface area contributed by atoms with Crippen LogP contribution in [0.5, 0.6) is 0 Å². The summed E-state index contributed by atoms with van der Waals surface area (Å²) >= 11 is 3.61. The van der Waals surface area contributed by atoms with Crippen LogP contribution in [0.25, 0.3) is 0 Å². The van der Waals surface area contributed by atoms with Crippen LogP contribution in [0, 0.1) is 20.8 Å². The zero-order valence-electron chi connectivity index (χ0n) is 8.66. The third-order valence-corrected chi connectivity index (χ3v) is 3.61. The Balaban J connectivity index is 3.26. The number of hydrogen-bond acceptors (Lipinski definition) is 1. The maximum Gasteiger partial charge on any atom is 0.0237 e. The molecule has 0 unspecified atom stereocenters. The van der Waals surface area contributed by atoms with Gasteiger partial charge >= 0.3 is 0 Å². The Morgan fingerprint density at radius 3 is 2.38 bits per heavy atom. The van der Waals surface area contributed by atoms with E-state index in [2.05, 4.69) is 48.1 Å². The number of nitrogens with one attached hydrogen (secondary N) is 1. The van der Waals surface area contributed by atoms with E-state index in [1.165, 1.54) is 26.7 Å². The normalized spacial score (nSPS) is 10.5. The average molecular weight is 242 g/mol. The molecular formula is C11H16BrN. The van der Waals surface area contributed by atoms with Crippen LogP contribution in [0.2, 0.25) is 0 Å². The maximum atomic E-state index is 3.61. The van der Waals surface area contributed by atoms with Crippen molar-refractivity contribution < 1.29 is 0 Å². The summed E-state index contributed by atoms with van der Waals surface area (Å²) in [5, 5.41) is 3.19. The minimum Gasteiger partial charge on any atom is -0.316 e. The van der Waals surface area contributed by atoms with Crippen LogP contribution < -0.4 is 5.32 Å². The summed E-state index contributed by atoms with van der Waals surface area (Å²) in [6.07, 6.45) is 0. The zero-order valence-corrected chi connectivity index (χ0v) is 10.2. The molecule has 0 fully saturated rings. The van der Waals surface area contributed by atoms with E-state index in [-0.39, 0.29) is 0 Å². The topological polar surface area (TPSA) is 12.0 Å². The molecule has 1 aromatic rings. The first kappa shape index (κ1) is 10.7. The molecule has 1 rings (SSSR count). The van der Waals surface area contributed by atoms with Crippen molar-refractivity contribution in [2.45, 2.75) is 27.3 Å². The van der Waals surface area contributed by atoms with Crippen molar-refractivity contribution in [3.05, 3.63) is 32.8 Å². The molecule has 0 aliphatic heterocycles. The molecule has 1 nitrogen and oxygen atoms in total. The monoisotopic (exact) mass is 241 g/mol. The highest BCUT2D eigenvalue weighted by molar-refractivity contribution is 9.10. The maximum absolute atomic E-state index is 3.61. The molecule has 0 heterocycles. The van der Waals surface area contributed by atoms with Crippen LogP contribution >= 0.6 is 15.9 Å². The van der Waals surface area contributed by atoms with Crippen LogP contribution in [-0.4, -0.2) is 7.05 Å². The quantitative estimate of drug-likeness (QED) is 0.840. The van der Waals surface area contributed by atoms with Crippen molar-refractivity contribution in [1.82, 2.24) is 5.32 Å². The van der Waals surface area contributed by atoms with Gasteiger partial charge in [-0.05, 0) is 50.1 Å². The Morgan fingerprint density at radius 2 is 1.85 bits per heavy atom. The fraction of sp³-hybridized carbons (Fsp3) is 0.455. The highest BCUT2D eigenvalue weighted by atomic mass is 79.9. The molecular weight excluding hydrogens is 226 g/mol. The summed E-state index contributed by atoms with van der Waals surface area (Å²) in [4.78, 5) is 0. The molecule has 0 spiro atoms. The smallest absolute Gasteiger partial charge is 0.0237 e. The summed E-state index contributed by atoms with van der Waals surface area (Å²) in [6.45, 7) is 7.40. The van der Waals surface area contributed by atoms with E-state index < -0.39 is 0 Å². The molecule has 0 saturated heterocycles. The predicted molar refractivity (Wildman–Crippen MR) is 61.1 cm³/mol. The van der Waals surface area contributed by atoms with Gasteiger partial charge in [-0.3, -0.25) is 0 Å². The van der Waals surface area contributed by atoms with E-state index in [1.54, 1.807) is 0 Å². The first-order chi connectivity index (χ1) is 6.07. The molecule has 0 radical (unpaired) electrons. The summed E-state index contributed by atoms with van der Waals surface area (Å²) in [6, 6.07) is 2.23. The number of aryl methyl sites for hydroxylation is 2. The van der Waals surface area contributed by atoms with Gasteiger partial charge in [-0.2, -0.15) is 0 Å². The first-order valence-electron chi connectivity index (χ1n) is 4.47. The fourth-order valence-corrected chi connectivity index (χ4v) is 2.00. The van der Waals surface area contributed by atoms with Gasteiger partial charge < -0.3 is 5.32 Å². The van der Waals surface area contributed by atoms with Gasteiger partial charge in [-0.15, -0.1) is 0 Å². The van der Waals surface area contributed by atoms with Crippen LogP contribution in [0.4, 0.5) is 0 Å². The molecule has 0 amide bonds. The van der Waals surface area contributed by atoms with Crippen molar-refractivity contribution >= 4 is 15.9 Å². The molecule has 13 heavy (non-hydrogen) atoms. The van der Waals surface area contributed by atoms with Crippen molar-refractivity contribution in [2.24, 2.45) is 0 Å². The second-order valence-electron chi connectivity index (χ2n) is 3.46. The summed E-state index contributed by atoms with van der Waals surface area (Å²) in [7, 11) is 1.98. The second-order valence-corrected chi connectivity index (χ2v) is 4.25. The Labute approximate surface area is 88.7 Å². The van der Waals surface area contributed by atoms with E-state index in [9.17, 15) is 0 Å². The van der Waals surface area contributed by atoms with Gasteiger partial charge in [-0.1, -0.05) is 22.0 Å². The van der Waals surface area contributed by atoms with Gasteiger partial charge in [-0.25, -0.2) is 0 Å². The van der Waals surface area contributed by atoms with Gasteiger partial charge in [0.05, 0.1) is 0 Å². The Bertz CT molecular complexity index is 318. The molecule has 1 aromatic carbocycles. The summed E-state index contributed by atoms with van der Waals surface area (Å²) < 4.78 is 1.24. The van der Waals surface area contributed by atoms with E-state index >= 15 is 0 Å². The molecule has 2 heteroatoms. The number of halogens is 1. The van der Waals surface area contributed by atoms with Crippen molar-refractivity contribution in [3.63, 3.8) is 0 Å². The minimum atomic E-state index is 0.941. The average Bonchev–Trinajstić information content (AvgIpc) is 2.09. The zero-order chi connectivity index (χ0) is 10.0. The molecule has 0 bridgehead atoms. The lowest BCUT2D eigenvalue weighted by molar-refractivity contribution is 0.804. The van der Waals surface area contributed by atoms with Gasteiger partial charge in [0.25, 0.3) is 0 Å². The molecule has 1 N–H and O–H groups in total. The third kappa shape index (κ3) is 2.12. The van der Waals surface area contributed by atoms with Crippen LogP contribution in [0.1, 0.15) is 22.3 Å². The number of benzene rings is 1. The molecule has 0 saturated carbocycles. The molecule has 72 valence electrons. The minimum absolute atomic E-state index is 0.941. The van der Waals surface area contributed by atoms with E-state index in [0.717, 1.165) is 6.54 Å². The van der Waals surface area contributed by atoms with Crippen molar-refractivity contribution in [3.8, 4) is 0 Å². The van der Waals surface area contributed by atoms with Crippen molar-refractivity contribution in [2.75, 3.05) is 7.05 Å². The van der Waals surface area contributed by atoms with E-state index in [0.29, 0.717) is 0 Å². The van der Waals surface area contributed by atoms with Gasteiger partial charge in [0.2, 0.25) is 0 Å². The predicted octanol–water partition coefficient (Wildman–Crippen LogP) is 3.09.